The van der Waals surface area contributed by atoms with Gasteiger partial charge in [-0.3, -0.25) is 4.79 Å². The number of aromatic nitrogens is 2. The second-order valence-electron chi connectivity index (χ2n) is 5.47. The molecule has 0 bridgehead atoms. The molecule has 0 aliphatic carbocycles. The summed E-state index contributed by atoms with van der Waals surface area (Å²) in [4.78, 5) is 21.5. The van der Waals surface area contributed by atoms with Crippen LogP contribution >= 0.6 is 0 Å². The molecule has 3 rings (SSSR count). The highest BCUT2D eigenvalue weighted by molar-refractivity contribution is 5.96. The van der Waals surface area contributed by atoms with E-state index in [9.17, 15) is 4.79 Å². The lowest BCUT2D eigenvalue weighted by Crippen LogP contribution is -2.27. The van der Waals surface area contributed by atoms with Gasteiger partial charge in [0.15, 0.2) is 0 Å². The molecule has 0 aliphatic rings. The molecule has 2 aromatic carbocycles. The number of carbonyl (C=O) groups excluding carboxylic acids is 1. The van der Waals surface area contributed by atoms with E-state index in [1.54, 1.807) is 30.4 Å². The number of amides is 1. The molecule has 1 heterocycles. The van der Waals surface area contributed by atoms with Crippen LogP contribution < -0.4 is 4.74 Å². The topological polar surface area (TPSA) is 58.2 Å². The summed E-state index contributed by atoms with van der Waals surface area (Å²) in [5.74, 6) is 1.22. The van der Waals surface area contributed by atoms with Crippen molar-refractivity contribution in [2.45, 2.75) is 13.2 Å². The molecular formula is C19H19N3O2. The SMILES string of the molecule is CN(Cc1ncc[nH]1)C(=O)c1ccccc1OCc1ccccc1. The Bertz CT molecular complexity index is 785. The van der Waals surface area contributed by atoms with Crippen LogP contribution in [-0.2, 0) is 13.2 Å². The van der Waals surface area contributed by atoms with Crippen molar-refractivity contribution >= 4 is 5.91 Å². The minimum atomic E-state index is -0.102. The number of benzene rings is 2. The summed E-state index contributed by atoms with van der Waals surface area (Å²) in [7, 11) is 1.75. The van der Waals surface area contributed by atoms with Crippen LogP contribution in [0.2, 0.25) is 0 Å². The molecule has 0 aliphatic heterocycles. The van der Waals surface area contributed by atoms with Gasteiger partial charge in [-0.1, -0.05) is 42.5 Å². The van der Waals surface area contributed by atoms with Gasteiger partial charge in [0.2, 0.25) is 0 Å². The Hall–Kier alpha value is -3.08. The van der Waals surface area contributed by atoms with E-state index in [4.69, 9.17) is 4.74 Å². The van der Waals surface area contributed by atoms with Crippen molar-refractivity contribution in [1.29, 1.82) is 0 Å². The summed E-state index contributed by atoms with van der Waals surface area (Å²) < 4.78 is 5.86. The van der Waals surface area contributed by atoms with Crippen LogP contribution in [0.5, 0.6) is 5.75 Å². The molecule has 1 aromatic heterocycles. The maximum Gasteiger partial charge on any atom is 0.257 e. The number of aromatic amines is 1. The van der Waals surface area contributed by atoms with Crippen molar-refractivity contribution in [3.63, 3.8) is 0 Å². The van der Waals surface area contributed by atoms with Gasteiger partial charge in [0, 0.05) is 19.4 Å². The maximum atomic E-state index is 12.7. The number of nitrogens with one attached hydrogen (secondary N) is 1. The standard InChI is InChI=1S/C19H19N3O2/c1-22(13-18-20-11-12-21-18)19(23)16-9-5-6-10-17(16)24-14-15-7-3-2-4-8-15/h2-12H,13-14H2,1H3,(H,20,21). The summed E-state index contributed by atoms with van der Waals surface area (Å²) in [6.45, 7) is 0.839. The Balaban J connectivity index is 1.72. The second-order valence-corrected chi connectivity index (χ2v) is 5.47. The molecule has 0 saturated carbocycles. The lowest BCUT2D eigenvalue weighted by atomic mass is 10.1. The fourth-order valence-electron chi connectivity index (χ4n) is 2.39. The van der Waals surface area contributed by atoms with Crippen LogP contribution in [0.1, 0.15) is 21.7 Å². The second kappa shape index (κ2) is 7.46. The largest absolute Gasteiger partial charge is 0.488 e. The Kier molecular flexibility index (Phi) is 4.91. The zero-order chi connectivity index (χ0) is 16.8. The number of hydrogen-bond acceptors (Lipinski definition) is 3. The van der Waals surface area contributed by atoms with Gasteiger partial charge in [-0.15, -0.1) is 0 Å². The van der Waals surface area contributed by atoms with Crippen molar-refractivity contribution in [3.8, 4) is 5.75 Å². The highest BCUT2D eigenvalue weighted by atomic mass is 16.5. The van der Waals surface area contributed by atoms with Crippen LogP contribution in [0.25, 0.3) is 0 Å². The normalized spacial score (nSPS) is 10.4. The van der Waals surface area contributed by atoms with Gasteiger partial charge in [-0.25, -0.2) is 4.98 Å². The first-order valence-electron chi connectivity index (χ1n) is 7.73. The van der Waals surface area contributed by atoms with E-state index >= 15 is 0 Å². The molecule has 1 N–H and O–H groups in total. The molecule has 0 radical (unpaired) electrons. The highest BCUT2D eigenvalue weighted by Gasteiger charge is 2.17. The average molecular weight is 321 g/mol. The summed E-state index contributed by atoms with van der Waals surface area (Å²) in [6.07, 6.45) is 3.41. The van der Waals surface area contributed by atoms with E-state index in [1.165, 1.54) is 0 Å². The Morgan fingerprint density at radius 1 is 1.12 bits per heavy atom. The van der Waals surface area contributed by atoms with Gasteiger partial charge in [-0.2, -0.15) is 0 Å². The third kappa shape index (κ3) is 3.81. The van der Waals surface area contributed by atoms with E-state index in [1.807, 2.05) is 48.5 Å². The predicted octanol–water partition coefficient (Wildman–Crippen LogP) is 3.26. The maximum absolute atomic E-state index is 12.7. The van der Waals surface area contributed by atoms with Crippen molar-refractivity contribution in [2.75, 3.05) is 7.05 Å². The molecule has 0 saturated heterocycles. The molecule has 5 heteroatoms. The smallest absolute Gasteiger partial charge is 0.257 e. The van der Waals surface area contributed by atoms with Crippen LogP contribution in [0.15, 0.2) is 67.0 Å². The predicted molar refractivity (Wildman–Crippen MR) is 91.6 cm³/mol. The van der Waals surface area contributed by atoms with E-state index in [2.05, 4.69) is 9.97 Å². The van der Waals surface area contributed by atoms with E-state index in [0.717, 1.165) is 11.4 Å². The Morgan fingerprint density at radius 2 is 1.88 bits per heavy atom. The fourth-order valence-corrected chi connectivity index (χ4v) is 2.39. The zero-order valence-corrected chi connectivity index (χ0v) is 13.5. The number of nitrogens with zero attached hydrogens (tertiary/aromatic N) is 2. The molecule has 122 valence electrons. The molecular weight excluding hydrogens is 302 g/mol. The molecule has 3 aromatic rings. The van der Waals surface area contributed by atoms with Gasteiger partial charge in [-0.05, 0) is 17.7 Å². The monoisotopic (exact) mass is 321 g/mol. The lowest BCUT2D eigenvalue weighted by Gasteiger charge is -2.18. The summed E-state index contributed by atoms with van der Waals surface area (Å²) >= 11 is 0. The van der Waals surface area contributed by atoms with Crippen molar-refractivity contribution in [3.05, 3.63) is 83.9 Å². The molecule has 0 spiro atoms. The number of H-pyrrole nitrogens is 1. The lowest BCUT2D eigenvalue weighted by molar-refractivity contribution is 0.0777. The summed E-state index contributed by atoms with van der Waals surface area (Å²) in [5, 5.41) is 0. The third-order valence-electron chi connectivity index (χ3n) is 3.64. The van der Waals surface area contributed by atoms with Crippen LogP contribution in [-0.4, -0.2) is 27.8 Å². The molecule has 5 nitrogen and oxygen atoms in total. The molecule has 0 atom stereocenters. The molecule has 0 unspecified atom stereocenters. The minimum Gasteiger partial charge on any atom is -0.488 e. The van der Waals surface area contributed by atoms with Crippen molar-refractivity contribution in [1.82, 2.24) is 14.9 Å². The fraction of sp³-hybridized carbons (Fsp3) is 0.158. The van der Waals surface area contributed by atoms with E-state index in [-0.39, 0.29) is 5.91 Å². The Labute approximate surface area is 140 Å². The number of para-hydroxylation sites is 1. The van der Waals surface area contributed by atoms with Gasteiger partial charge in [0.1, 0.15) is 18.2 Å². The summed E-state index contributed by atoms with van der Waals surface area (Å²) in [5.41, 5.74) is 1.60. The first-order chi connectivity index (χ1) is 11.7. The number of hydrogen-bond donors (Lipinski definition) is 1. The molecule has 0 fully saturated rings. The van der Waals surface area contributed by atoms with Gasteiger partial charge in [0.25, 0.3) is 5.91 Å². The van der Waals surface area contributed by atoms with Crippen LogP contribution in [0, 0.1) is 0 Å². The number of ether oxygens (including phenoxy) is 1. The first-order valence-corrected chi connectivity index (χ1v) is 7.73. The first kappa shape index (κ1) is 15.8. The Morgan fingerprint density at radius 3 is 2.62 bits per heavy atom. The number of carbonyl (C=O) groups is 1. The average Bonchev–Trinajstić information content (AvgIpc) is 3.13. The van der Waals surface area contributed by atoms with Crippen molar-refractivity contribution in [2.24, 2.45) is 0 Å². The quantitative estimate of drug-likeness (QED) is 0.758. The molecule has 1 amide bonds. The van der Waals surface area contributed by atoms with Crippen LogP contribution in [0.4, 0.5) is 0 Å². The summed E-state index contributed by atoms with van der Waals surface area (Å²) in [6, 6.07) is 17.2. The van der Waals surface area contributed by atoms with Crippen molar-refractivity contribution < 1.29 is 9.53 Å². The van der Waals surface area contributed by atoms with Gasteiger partial charge in [0.05, 0.1) is 12.1 Å². The minimum absolute atomic E-state index is 0.102. The van der Waals surface area contributed by atoms with Gasteiger partial charge >= 0.3 is 0 Å². The third-order valence-corrected chi connectivity index (χ3v) is 3.64. The van der Waals surface area contributed by atoms with E-state index in [0.29, 0.717) is 24.5 Å². The van der Waals surface area contributed by atoms with Crippen LogP contribution in [0.3, 0.4) is 0 Å². The number of imidazole rings is 1. The number of rotatable bonds is 6. The van der Waals surface area contributed by atoms with E-state index < -0.39 is 0 Å². The highest BCUT2D eigenvalue weighted by Crippen LogP contribution is 2.21. The van der Waals surface area contributed by atoms with Gasteiger partial charge < -0.3 is 14.6 Å². The zero-order valence-electron chi connectivity index (χ0n) is 13.5. The molecule has 24 heavy (non-hydrogen) atoms.